The number of aryl methyl sites for hydroxylation is 1. The van der Waals surface area contributed by atoms with E-state index in [0.29, 0.717) is 22.7 Å². The number of nitrogens with zero attached hydrogens (tertiary/aromatic N) is 1. The minimum Gasteiger partial charge on any atom is -0.496 e. The van der Waals surface area contributed by atoms with Crippen LogP contribution in [0.3, 0.4) is 0 Å². The summed E-state index contributed by atoms with van der Waals surface area (Å²) < 4.78 is 38.4. The molecule has 0 radical (unpaired) electrons. The summed E-state index contributed by atoms with van der Waals surface area (Å²) in [6, 6.07) is 10.3. The predicted molar refractivity (Wildman–Crippen MR) is 94.3 cm³/mol. The summed E-state index contributed by atoms with van der Waals surface area (Å²) in [5.41, 5.74) is 2.20. The number of benzene rings is 2. The fourth-order valence-corrected chi connectivity index (χ4v) is 4.19. The van der Waals surface area contributed by atoms with Crippen molar-refractivity contribution < 1.29 is 17.9 Å². The van der Waals surface area contributed by atoms with Gasteiger partial charge in [-0.15, -0.1) is 0 Å². The highest BCUT2D eigenvalue weighted by Crippen LogP contribution is 2.43. The second kappa shape index (κ2) is 6.20. The van der Waals surface area contributed by atoms with Gasteiger partial charge >= 0.3 is 0 Å². The van der Waals surface area contributed by atoms with Crippen LogP contribution in [0, 0.1) is 6.92 Å². The van der Waals surface area contributed by atoms with Gasteiger partial charge in [-0.05, 0) is 31.2 Å². The Morgan fingerprint density at radius 3 is 2.21 bits per heavy atom. The Hall–Kier alpha value is -2.47. The van der Waals surface area contributed by atoms with Gasteiger partial charge in [0.2, 0.25) is 0 Å². The van der Waals surface area contributed by atoms with Gasteiger partial charge in [-0.25, -0.2) is 8.42 Å². The van der Waals surface area contributed by atoms with Gasteiger partial charge in [0.05, 0.1) is 25.7 Å². The van der Waals surface area contributed by atoms with Crippen LogP contribution >= 0.6 is 0 Å². The van der Waals surface area contributed by atoms with E-state index in [0.717, 1.165) is 5.56 Å². The number of sulfonamides is 1. The zero-order valence-corrected chi connectivity index (χ0v) is 14.6. The number of fused-ring (bicyclic) bond motifs is 1. The van der Waals surface area contributed by atoms with Crippen molar-refractivity contribution >= 4 is 21.8 Å². The molecule has 0 saturated carbocycles. The Kier molecular flexibility index (Phi) is 4.24. The maximum absolute atomic E-state index is 13.1. The van der Waals surface area contributed by atoms with E-state index >= 15 is 0 Å². The highest BCUT2D eigenvalue weighted by atomic mass is 32.2. The van der Waals surface area contributed by atoms with Crippen molar-refractivity contribution in [3.63, 3.8) is 0 Å². The van der Waals surface area contributed by atoms with Gasteiger partial charge in [0, 0.05) is 5.56 Å². The van der Waals surface area contributed by atoms with Crippen LogP contribution in [0.2, 0.25) is 0 Å². The summed E-state index contributed by atoms with van der Waals surface area (Å²) in [5.74, 6) is 1.09. The Morgan fingerprint density at radius 2 is 1.58 bits per heavy atom. The molecular formula is C18H19NO4S. The van der Waals surface area contributed by atoms with E-state index < -0.39 is 10.0 Å². The molecule has 2 aromatic rings. The first-order chi connectivity index (χ1) is 11.5. The Balaban J connectivity index is 2.19. The van der Waals surface area contributed by atoms with Gasteiger partial charge in [-0.1, -0.05) is 29.8 Å². The van der Waals surface area contributed by atoms with Gasteiger partial charge in [-0.3, -0.25) is 4.31 Å². The van der Waals surface area contributed by atoms with Crippen molar-refractivity contribution in [1.82, 2.24) is 0 Å². The average molecular weight is 345 g/mol. The summed E-state index contributed by atoms with van der Waals surface area (Å²) in [6.07, 6.45) is 3.66. The third-order valence-electron chi connectivity index (χ3n) is 3.99. The Bertz CT molecular complexity index is 886. The highest BCUT2D eigenvalue weighted by molar-refractivity contribution is 7.92. The normalized spacial score (nSPS) is 13.5. The van der Waals surface area contributed by atoms with Crippen molar-refractivity contribution in [2.75, 3.05) is 25.1 Å². The molecule has 0 aromatic heterocycles. The molecule has 2 aromatic carbocycles. The van der Waals surface area contributed by atoms with Crippen molar-refractivity contribution in [2.45, 2.75) is 11.8 Å². The van der Waals surface area contributed by atoms with Crippen LogP contribution in [-0.4, -0.2) is 29.2 Å². The zero-order valence-electron chi connectivity index (χ0n) is 13.8. The summed E-state index contributed by atoms with van der Waals surface area (Å²) in [6.45, 7) is 2.16. The summed E-state index contributed by atoms with van der Waals surface area (Å²) >= 11 is 0. The molecule has 0 amide bonds. The monoisotopic (exact) mass is 345 g/mol. The molecule has 5 nitrogen and oxygen atoms in total. The molecule has 0 spiro atoms. The molecule has 0 unspecified atom stereocenters. The van der Waals surface area contributed by atoms with Crippen LogP contribution in [0.5, 0.6) is 11.5 Å². The molecule has 1 heterocycles. The molecule has 0 fully saturated rings. The van der Waals surface area contributed by atoms with Crippen molar-refractivity contribution in [3.05, 3.63) is 53.6 Å². The maximum atomic E-state index is 13.1. The van der Waals surface area contributed by atoms with Crippen LogP contribution in [0.1, 0.15) is 11.1 Å². The lowest BCUT2D eigenvalue weighted by Crippen LogP contribution is -2.33. The van der Waals surface area contributed by atoms with Crippen molar-refractivity contribution in [1.29, 1.82) is 0 Å². The van der Waals surface area contributed by atoms with Crippen LogP contribution in [-0.2, 0) is 10.0 Å². The lowest BCUT2D eigenvalue weighted by molar-refractivity contribution is 0.403. The number of methoxy groups -OCH3 is 2. The number of hydrogen-bond acceptors (Lipinski definition) is 4. The number of rotatable bonds is 4. The minimum absolute atomic E-state index is 0.243. The third kappa shape index (κ3) is 2.63. The number of anilines is 1. The molecule has 1 aliphatic rings. The molecule has 0 aliphatic carbocycles. The summed E-state index contributed by atoms with van der Waals surface area (Å²) in [5, 5.41) is 0. The first kappa shape index (κ1) is 16.4. The van der Waals surface area contributed by atoms with E-state index in [4.69, 9.17) is 9.47 Å². The smallest absolute Gasteiger partial charge is 0.264 e. The summed E-state index contributed by atoms with van der Waals surface area (Å²) in [7, 11) is -0.619. The molecule has 24 heavy (non-hydrogen) atoms. The van der Waals surface area contributed by atoms with Crippen LogP contribution in [0.25, 0.3) is 6.08 Å². The minimum atomic E-state index is -3.70. The van der Waals surface area contributed by atoms with Gasteiger partial charge in [-0.2, -0.15) is 0 Å². The first-order valence-corrected chi connectivity index (χ1v) is 8.94. The number of hydrogen-bond donors (Lipinski definition) is 0. The van der Waals surface area contributed by atoms with E-state index in [9.17, 15) is 8.42 Å². The Morgan fingerprint density at radius 1 is 0.958 bits per heavy atom. The van der Waals surface area contributed by atoms with Gasteiger partial charge in [0.25, 0.3) is 10.0 Å². The molecule has 1 aliphatic heterocycles. The van der Waals surface area contributed by atoms with Crippen molar-refractivity contribution in [2.24, 2.45) is 0 Å². The third-order valence-corrected chi connectivity index (χ3v) is 5.77. The molecule has 6 heteroatoms. The van der Waals surface area contributed by atoms with E-state index in [-0.39, 0.29) is 11.4 Å². The zero-order chi connectivity index (χ0) is 17.3. The second-order valence-electron chi connectivity index (χ2n) is 5.48. The van der Waals surface area contributed by atoms with Crippen molar-refractivity contribution in [3.8, 4) is 11.5 Å². The quantitative estimate of drug-likeness (QED) is 0.854. The largest absolute Gasteiger partial charge is 0.496 e. The fourth-order valence-electron chi connectivity index (χ4n) is 2.74. The molecule has 126 valence electrons. The van der Waals surface area contributed by atoms with E-state index in [1.807, 2.05) is 13.0 Å². The van der Waals surface area contributed by atoms with E-state index in [2.05, 4.69) is 0 Å². The predicted octanol–water partition coefficient (Wildman–Crippen LogP) is 3.23. The second-order valence-corrected chi connectivity index (χ2v) is 7.35. The summed E-state index contributed by atoms with van der Waals surface area (Å²) in [4.78, 5) is 0.249. The molecule has 0 N–H and O–H groups in total. The Labute approximate surface area is 142 Å². The van der Waals surface area contributed by atoms with E-state index in [1.165, 1.54) is 11.4 Å². The van der Waals surface area contributed by atoms with Gasteiger partial charge in [0.15, 0.2) is 0 Å². The van der Waals surface area contributed by atoms with Crippen LogP contribution < -0.4 is 13.8 Å². The van der Waals surface area contributed by atoms with E-state index in [1.54, 1.807) is 49.6 Å². The van der Waals surface area contributed by atoms with Crippen LogP contribution in [0.15, 0.2) is 47.4 Å². The van der Waals surface area contributed by atoms with Crippen LogP contribution in [0.4, 0.5) is 5.69 Å². The molecule has 0 bridgehead atoms. The van der Waals surface area contributed by atoms with Gasteiger partial charge < -0.3 is 9.47 Å². The average Bonchev–Trinajstić information content (AvgIpc) is 2.60. The topological polar surface area (TPSA) is 55.8 Å². The maximum Gasteiger partial charge on any atom is 0.264 e. The molecule has 0 atom stereocenters. The molecular weight excluding hydrogens is 326 g/mol. The standard InChI is InChI=1S/C18H19NO4S/c1-13-6-8-14(9-7-13)24(20,21)19-12-4-5-15-16(22-2)10-11-17(23-3)18(15)19/h4-11H,12H2,1-3H3. The molecule has 3 rings (SSSR count). The SMILES string of the molecule is COc1ccc(OC)c2c1C=CCN2S(=O)(=O)c1ccc(C)cc1. The van der Waals surface area contributed by atoms with Gasteiger partial charge in [0.1, 0.15) is 17.2 Å². The lowest BCUT2D eigenvalue weighted by atomic mass is 10.1. The number of ether oxygens (including phenoxy) is 2. The first-order valence-electron chi connectivity index (χ1n) is 7.50. The highest BCUT2D eigenvalue weighted by Gasteiger charge is 2.31. The lowest BCUT2D eigenvalue weighted by Gasteiger charge is -2.29. The molecule has 0 saturated heterocycles. The fraction of sp³-hybridized carbons (Fsp3) is 0.222.